The number of esters is 1. The first-order valence-electron chi connectivity index (χ1n) is 10.6. The highest BCUT2D eigenvalue weighted by Gasteiger charge is 2.32. The molecule has 2 heterocycles. The van der Waals surface area contributed by atoms with E-state index in [1.54, 1.807) is 6.92 Å². The summed E-state index contributed by atoms with van der Waals surface area (Å²) in [4.78, 5) is 16.5. The number of aryl methyl sites for hydroxylation is 1. The quantitative estimate of drug-likeness (QED) is 0.521. The predicted molar refractivity (Wildman–Crippen MR) is 118 cm³/mol. The third-order valence-corrected chi connectivity index (χ3v) is 7.55. The fourth-order valence-electron chi connectivity index (χ4n) is 3.80. The van der Waals surface area contributed by atoms with Gasteiger partial charge in [0.05, 0.1) is 17.1 Å². The van der Waals surface area contributed by atoms with E-state index in [4.69, 9.17) is 9.26 Å². The average Bonchev–Trinajstić information content (AvgIpc) is 3.30. The van der Waals surface area contributed by atoms with Crippen LogP contribution in [0.2, 0.25) is 0 Å². The van der Waals surface area contributed by atoms with Crippen molar-refractivity contribution in [2.45, 2.75) is 37.5 Å². The second-order valence-corrected chi connectivity index (χ2v) is 9.63. The fourth-order valence-corrected chi connectivity index (χ4v) is 5.27. The summed E-state index contributed by atoms with van der Waals surface area (Å²) in [6.07, 6.45) is 1.19. The van der Waals surface area contributed by atoms with Crippen LogP contribution in [0.1, 0.15) is 47.5 Å². The number of aromatic nitrogens is 2. The predicted octanol–water partition coefficient (Wildman–Crippen LogP) is 3.79. The van der Waals surface area contributed by atoms with Crippen molar-refractivity contribution >= 4 is 16.0 Å². The maximum atomic E-state index is 13.0. The molecule has 32 heavy (non-hydrogen) atoms. The molecule has 1 fully saturated rings. The maximum absolute atomic E-state index is 13.0. The molecule has 8 nitrogen and oxygen atoms in total. The summed E-state index contributed by atoms with van der Waals surface area (Å²) < 4.78 is 37.9. The van der Waals surface area contributed by atoms with E-state index in [0.717, 1.165) is 11.1 Å². The van der Waals surface area contributed by atoms with Crippen LogP contribution >= 0.6 is 0 Å². The van der Waals surface area contributed by atoms with Crippen LogP contribution in [0, 0.1) is 6.92 Å². The number of nitrogens with zero attached hydrogens (tertiary/aromatic N) is 3. The monoisotopic (exact) mass is 455 g/mol. The summed E-state index contributed by atoms with van der Waals surface area (Å²) in [5, 5.41) is 4.12. The molecule has 0 unspecified atom stereocenters. The number of piperidine rings is 1. The van der Waals surface area contributed by atoms with Crippen molar-refractivity contribution in [3.05, 3.63) is 65.5 Å². The van der Waals surface area contributed by atoms with Crippen LogP contribution in [0.4, 0.5) is 0 Å². The molecule has 1 saturated heterocycles. The Labute approximate surface area is 187 Å². The number of hydrogen-bond donors (Lipinski definition) is 0. The summed E-state index contributed by atoms with van der Waals surface area (Å²) in [7, 11) is -3.65. The second kappa shape index (κ2) is 9.22. The minimum atomic E-state index is -3.65. The topological polar surface area (TPSA) is 103 Å². The summed E-state index contributed by atoms with van der Waals surface area (Å²) in [5.74, 6) is 0.633. The molecule has 1 aliphatic rings. The van der Waals surface area contributed by atoms with Gasteiger partial charge in [0.25, 0.3) is 0 Å². The zero-order chi connectivity index (χ0) is 22.7. The van der Waals surface area contributed by atoms with Gasteiger partial charge in [-0.3, -0.25) is 0 Å². The van der Waals surface area contributed by atoms with Gasteiger partial charge in [0.1, 0.15) is 0 Å². The number of ether oxygens (including phenoxy) is 1. The molecule has 4 rings (SSSR count). The maximum Gasteiger partial charge on any atom is 0.338 e. The van der Waals surface area contributed by atoms with E-state index in [0.29, 0.717) is 43.2 Å². The molecule has 0 atom stereocenters. The van der Waals surface area contributed by atoms with Crippen molar-refractivity contribution in [3.63, 3.8) is 0 Å². The van der Waals surface area contributed by atoms with E-state index >= 15 is 0 Å². The normalized spacial score (nSPS) is 15.6. The Kier molecular flexibility index (Phi) is 6.38. The molecular weight excluding hydrogens is 430 g/mol. The Morgan fingerprint density at radius 1 is 1.12 bits per heavy atom. The van der Waals surface area contributed by atoms with Gasteiger partial charge < -0.3 is 9.26 Å². The van der Waals surface area contributed by atoms with Crippen LogP contribution in [-0.4, -0.2) is 48.5 Å². The average molecular weight is 456 g/mol. The van der Waals surface area contributed by atoms with Crippen LogP contribution in [0.5, 0.6) is 0 Å². The summed E-state index contributed by atoms with van der Waals surface area (Å²) in [5.41, 5.74) is 2.31. The lowest BCUT2D eigenvalue weighted by molar-refractivity contribution is 0.0526. The lowest BCUT2D eigenvalue weighted by Crippen LogP contribution is -2.38. The van der Waals surface area contributed by atoms with Gasteiger partial charge in [-0.25, -0.2) is 13.2 Å². The summed E-state index contributed by atoms with van der Waals surface area (Å²) in [6, 6.07) is 13.7. The van der Waals surface area contributed by atoms with E-state index in [2.05, 4.69) is 10.1 Å². The highest BCUT2D eigenvalue weighted by molar-refractivity contribution is 7.89. The zero-order valence-corrected chi connectivity index (χ0v) is 18.8. The van der Waals surface area contributed by atoms with Crippen molar-refractivity contribution < 1.29 is 22.5 Å². The van der Waals surface area contributed by atoms with Crippen molar-refractivity contribution in [2.75, 3.05) is 19.7 Å². The zero-order valence-electron chi connectivity index (χ0n) is 18.0. The van der Waals surface area contributed by atoms with Gasteiger partial charge in [0, 0.05) is 24.6 Å². The highest BCUT2D eigenvalue weighted by Crippen LogP contribution is 2.31. The molecule has 1 aliphatic heterocycles. The molecule has 3 aromatic rings. The van der Waals surface area contributed by atoms with Crippen molar-refractivity contribution in [3.8, 4) is 11.4 Å². The lowest BCUT2D eigenvalue weighted by Gasteiger charge is -2.29. The molecule has 0 bridgehead atoms. The smallest absolute Gasteiger partial charge is 0.338 e. The van der Waals surface area contributed by atoms with Gasteiger partial charge in [-0.1, -0.05) is 29.4 Å². The first kappa shape index (κ1) is 22.2. The highest BCUT2D eigenvalue weighted by atomic mass is 32.2. The lowest BCUT2D eigenvalue weighted by atomic mass is 9.98. The van der Waals surface area contributed by atoms with Crippen molar-refractivity contribution in [1.82, 2.24) is 14.4 Å². The molecule has 0 N–H and O–H groups in total. The molecule has 0 amide bonds. The fraction of sp³-hybridized carbons (Fsp3) is 0.348. The number of carbonyl (C=O) groups excluding carboxylic acids is 1. The van der Waals surface area contributed by atoms with Gasteiger partial charge in [0.15, 0.2) is 0 Å². The largest absolute Gasteiger partial charge is 0.462 e. The van der Waals surface area contributed by atoms with E-state index in [-0.39, 0.29) is 17.4 Å². The van der Waals surface area contributed by atoms with Gasteiger partial charge in [-0.15, -0.1) is 0 Å². The molecule has 0 saturated carbocycles. The molecule has 0 aliphatic carbocycles. The van der Waals surface area contributed by atoms with E-state index in [9.17, 15) is 13.2 Å². The van der Waals surface area contributed by atoms with E-state index in [1.165, 1.54) is 28.6 Å². The van der Waals surface area contributed by atoms with Gasteiger partial charge >= 0.3 is 5.97 Å². The molecular formula is C23H25N3O5S. The number of carbonyl (C=O) groups is 1. The van der Waals surface area contributed by atoms with Crippen molar-refractivity contribution in [2.24, 2.45) is 0 Å². The van der Waals surface area contributed by atoms with E-state index < -0.39 is 16.0 Å². The Morgan fingerprint density at radius 2 is 1.81 bits per heavy atom. The minimum Gasteiger partial charge on any atom is -0.462 e. The van der Waals surface area contributed by atoms with Gasteiger partial charge in [-0.05, 0) is 56.5 Å². The van der Waals surface area contributed by atoms with Gasteiger partial charge in [0.2, 0.25) is 21.7 Å². The number of sulfonamides is 1. The molecule has 0 radical (unpaired) electrons. The Balaban J connectivity index is 1.42. The Hall–Kier alpha value is -3.04. The third-order valence-electron chi connectivity index (χ3n) is 5.63. The number of rotatable bonds is 6. The second-order valence-electron chi connectivity index (χ2n) is 7.69. The molecule has 1 aromatic heterocycles. The first-order chi connectivity index (χ1) is 15.4. The Morgan fingerprint density at radius 3 is 2.47 bits per heavy atom. The van der Waals surface area contributed by atoms with Crippen molar-refractivity contribution in [1.29, 1.82) is 0 Å². The minimum absolute atomic E-state index is 0.0120. The number of hydrogen-bond acceptors (Lipinski definition) is 7. The van der Waals surface area contributed by atoms with Gasteiger partial charge in [-0.2, -0.15) is 9.29 Å². The molecule has 168 valence electrons. The third kappa shape index (κ3) is 4.44. The summed E-state index contributed by atoms with van der Waals surface area (Å²) in [6.45, 7) is 4.69. The molecule has 0 spiro atoms. The van der Waals surface area contributed by atoms with Crippen LogP contribution in [0.15, 0.2) is 57.9 Å². The summed E-state index contributed by atoms with van der Waals surface area (Å²) >= 11 is 0. The molecule has 2 aromatic carbocycles. The molecule has 9 heteroatoms. The van der Waals surface area contributed by atoms with E-state index in [1.807, 2.05) is 31.2 Å². The van der Waals surface area contributed by atoms with Crippen LogP contribution in [0.3, 0.4) is 0 Å². The Bertz CT molecular complexity index is 1200. The standard InChI is InChI=1S/C23H25N3O5S/c1-3-30-23(27)18-8-10-19(11-9-18)32(28,29)26-14-12-17(13-15-26)22-24-21(25-31-22)20-7-5-4-6-16(20)2/h4-11,17H,3,12-15H2,1-2H3. The first-order valence-corrected chi connectivity index (χ1v) is 12.0. The number of benzene rings is 2. The van der Waals surface area contributed by atoms with Crippen LogP contribution < -0.4 is 0 Å². The SMILES string of the molecule is CCOC(=O)c1ccc(S(=O)(=O)N2CCC(c3nc(-c4ccccc4C)no3)CC2)cc1. The van der Waals surface area contributed by atoms with Crippen LogP contribution in [-0.2, 0) is 14.8 Å². The van der Waals surface area contributed by atoms with Crippen LogP contribution in [0.25, 0.3) is 11.4 Å².